The molecule has 31 heavy (non-hydrogen) atoms. The molecule has 3 heterocycles. The number of piperidine rings is 1. The summed E-state index contributed by atoms with van der Waals surface area (Å²) in [5.41, 5.74) is 0.824. The van der Waals surface area contributed by atoms with Gasteiger partial charge in [0, 0.05) is 37.4 Å². The molecular formula is C24H27N3O4. The maximum Gasteiger partial charge on any atom is 0.410 e. The van der Waals surface area contributed by atoms with Crippen molar-refractivity contribution in [1.29, 1.82) is 0 Å². The van der Waals surface area contributed by atoms with E-state index in [1.807, 2.05) is 32.9 Å². The van der Waals surface area contributed by atoms with Gasteiger partial charge in [0.2, 0.25) is 0 Å². The topological polar surface area (TPSA) is 79.8 Å². The fourth-order valence-electron chi connectivity index (χ4n) is 4.34. The summed E-state index contributed by atoms with van der Waals surface area (Å²) >= 11 is 0. The Morgan fingerprint density at radius 3 is 2.16 bits per heavy atom. The van der Waals surface area contributed by atoms with E-state index in [0.717, 1.165) is 5.56 Å². The predicted octanol–water partition coefficient (Wildman–Crippen LogP) is 3.65. The zero-order chi connectivity index (χ0) is 22.2. The third-order valence-electron chi connectivity index (χ3n) is 5.99. The van der Waals surface area contributed by atoms with Crippen LogP contribution in [0.2, 0.25) is 0 Å². The number of aromatic nitrogens is 1. The summed E-state index contributed by atoms with van der Waals surface area (Å²) in [4.78, 5) is 45.8. The molecule has 0 N–H and O–H groups in total. The first-order valence-electron chi connectivity index (χ1n) is 10.5. The van der Waals surface area contributed by atoms with Gasteiger partial charge >= 0.3 is 6.09 Å². The van der Waals surface area contributed by atoms with Crippen molar-refractivity contribution in [2.24, 2.45) is 0 Å². The molecule has 0 atom stereocenters. The predicted molar refractivity (Wildman–Crippen MR) is 115 cm³/mol. The average Bonchev–Trinajstić information content (AvgIpc) is 2.99. The summed E-state index contributed by atoms with van der Waals surface area (Å²) in [6.07, 6.45) is 4.36. The zero-order valence-electron chi connectivity index (χ0n) is 18.1. The van der Waals surface area contributed by atoms with Gasteiger partial charge in [-0.3, -0.25) is 19.5 Å². The Bertz CT molecular complexity index is 970. The van der Waals surface area contributed by atoms with Crippen molar-refractivity contribution in [1.82, 2.24) is 14.8 Å². The van der Waals surface area contributed by atoms with E-state index in [1.165, 1.54) is 4.90 Å². The van der Waals surface area contributed by atoms with Gasteiger partial charge < -0.3 is 9.64 Å². The largest absolute Gasteiger partial charge is 0.444 e. The zero-order valence-corrected chi connectivity index (χ0v) is 18.1. The first-order valence-corrected chi connectivity index (χ1v) is 10.5. The van der Waals surface area contributed by atoms with Gasteiger partial charge in [-0.25, -0.2) is 4.79 Å². The number of carbonyl (C=O) groups excluding carboxylic acids is 3. The normalized spacial score (nSPS) is 18.2. The van der Waals surface area contributed by atoms with Crippen LogP contribution in [-0.4, -0.2) is 57.9 Å². The van der Waals surface area contributed by atoms with Crippen molar-refractivity contribution >= 4 is 17.9 Å². The van der Waals surface area contributed by atoms with E-state index in [4.69, 9.17) is 4.74 Å². The minimum absolute atomic E-state index is 0.257. The second-order valence-electron chi connectivity index (χ2n) is 9.23. The van der Waals surface area contributed by atoms with Crippen molar-refractivity contribution in [2.75, 3.05) is 19.6 Å². The smallest absolute Gasteiger partial charge is 0.410 e. The Kier molecular flexibility index (Phi) is 5.29. The highest BCUT2D eigenvalue weighted by Gasteiger charge is 2.45. The van der Waals surface area contributed by atoms with Crippen LogP contribution in [0.1, 0.15) is 59.9 Å². The van der Waals surface area contributed by atoms with Crippen LogP contribution in [0.5, 0.6) is 0 Å². The molecule has 1 saturated heterocycles. The summed E-state index contributed by atoms with van der Waals surface area (Å²) < 4.78 is 5.52. The molecule has 1 aromatic carbocycles. The van der Waals surface area contributed by atoms with Crippen molar-refractivity contribution < 1.29 is 19.1 Å². The molecule has 0 aliphatic carbocycles. The van der Waals surface area contributed by atoms with Crippen LogP contribution in [0.4, 0.5) is 4.79 Å². The number of ether oxygens (including phenoxy) is 1. The van der Waals surface area contributed by atoms with Crippen LogP contribution in [0.15, 0.2) is 48.8 Å². The molecular weight excluding hydrogens is 394 g/mol. The van der Waals surface area contributed by atoms with E-state index in [1.54, 1.807) is 41.6 Å². The number of rotatable bonds is 3. The summed E-state index contributed by atoms with van der Waals surface area (Å²) in [7, 11) is 0. The minimum atomic E-state index is -0.560. The lowest BCUT2D eigenvalue weighted by Crippen LogP contribution is -2.52. The van der Waals surface area contributed by atoms with Crippen molar-refractivity contribution in [3.63, 3.8) is 0 Å². The molecule has 1 fully saturated rings. The maximum atomic E-state index is 13.0. The quantitative estimate of drug-likeness (QED) is 0.707. The molecule has 162 valence electrons. The second kappa shape index (κ2) is 7.80. The molecule has 3 amide bonds. The van der Waals surface area contributed by atoms with Crippen LogP contribution >= 0.6 is 0 Å². The van der Waals surface area contributed by atoms with E-state index in [-0.39, 0.29) is 24.5 Å². The molecule has 7 heteroatoms. The van der Waals surface area contributed by atoms with Gasteiger partial charge in [0.15, 0.2) is 0 Å². The monoisotopic (exact) mass is 421 g/mol. The number of imide groups is 1. The highest BCUT2D eigenvalue weighted by Crippen LogP contribution is 2.38. The molecule has 0 unspecified atom stereocenters. The maximum absolute atomic E-state index is 13.0. The van der Waals surface area contributed by atoms with Gasteiger partial charge in [-0.2, -0.15) is 0 Å². The van der Waals surface area contributed by atoms with Gasteiger partial charge in [0.1, 0.15) is 5.60 Å². The number of pyridine rings is 1. The SMILES string of the molecule is CC(C)(C)OC(=O)N1CCC(CN2C(=O)c3ccccc3C2=O)(c2cccnc2)CC1. The van der Waals surface area contributed by atoms with Crippen LogP contribution in [0, 0.1) is 0 Å². The van der Waals surface area contributed by atoms with Gasteiger partial charge in [-0.05, 0) is 57.4 Å². The lowest BCUT2D eigenvalue weighted by molar-refractivity contribution is 0.0138. The average molecular weight is 421 g/mol. The highest BCUT2D eigenvalue weighted by molar-refractivity contribution is 6.21. The van der Waals surface area contributed by atoms with E-state index in [0.29, 0.717) is 37.1 Å². The second-order valence-corrected chi connectivity index (χ2v) is 9.23. The third kappa shape index (κ3) is 4.04. The first kappa shape index (κ1) is 21.0. The Morgan fingerprint density at radius 2 is 1.65 bits per heavy atom. The fourth-order valence-corrected chi connectivity index (χ4v) is 4.34. The molecule has 0 spiro atoms. The van der Waals surface area contributed by atoms with Crippen molar-refractivity contribution in [2.45, 2.75) is 44.6 Å². The van der Waals surface area contributed by atoms with E-state index in [2.05, 4.69) is 4.98 Å². The summed E-state index contributed by atoms with van der Waals surface area (Å²) in [5, 5.41) is 0. The summed E-state index contributed by atoms with van der Waals surface area (Å²) in [6, 6.07) is 10.8. The minimum Gasteiger partial charge on any atom is -0.444 e. The molecule has 0 bridgehead atoms. The van der Waals surface area contributed by atoms with Crippen molar-refractivity contribution in [3.8, 4) is 0 Å². The molecule has 0 radical (unpaired) electrons. The number of nitrogens with zero attached hydrogens (tertiary/aromatic N) is 3. The van der Waals surface area contributed by atoms with Crippen LogP contribution in [-0.2, 0) is 10.2 Å². The standard InChI is InChI=1S/C24H27N3O4/c1-23(2,3)31-22(30)26-13-10-24(11-14-26,17-7-6-12-25-15-17)16-27-20(28)18-8-4-5-9-19(18)21(27)29/h4-9,12,15H,10-11,13-14,16H2,1-3H3. The Morgan fingerprint density at radius 1 is 1.03 bits per heavy atom. The number of benzene rings is 1. The van der Waals surface area contributed by atoms with Crippen LogP contribution in [0.3, 0.4) is 0 Å². The molecule has 1 aromatic heterocycles. The number of amides is 3. The molecule has 2 aromatic rings. The fraction of sp³-hybridized carbons (Fsp3) is 0.417. The van der Waals surface area contributed by atoms with E-state index >= 15 is 0 Å². The van der Waals surface area contributed by atoms with Crippen LogP contribution in [0.25, 0.3) is 0 Å². The summed E-state index contributed by atoms with van der Waals surface area (Å²) in [6.45, 7) is 6.75. The lowest BCUT2D eigenvalue weighted by Gasteiger charge is -2.43. The Labute approximate surface area is 182 Å². The number of hydrogen-bond donors (Lipinski definition) is 0. The van der Waals surface area contributed by atoms with Gasteiger partial charge in [-0.15, -0.1) is 0 Å². The van der Waals surface area contributed by atoms with Crippen molar-refractivity contribution in [3.05, 3.63) is 65.5 Å². The van der Waals surface area contributed by atoms with E-state index in [9.17, 15) is 14.4 Å². The number of carbonyl (C=O) groups is 3. The number of likely N-dealkylation sites (tertiary alicyclic amines) is 1. The molecule has 4 rings (SSSR count). The molecule has 7 nitrogen and oxygen atoms in total. The molecule has 2 aliphatic rings. The number of fused-ring (bicyclic) bond motifs is 1. The molecule has 0 saturated carbocycles. The summed E-state index contributed by atoms with van der Waals surface area (Å²) in [5.74, 6) is -0.531. The Hall–Kier alpha value is -3.22. The van der Waals surface area contributed by atoms with Gasteiger partial charge in [0.05, 0.1) is 11.1 Å². The Balaban J connectivity index is 1.58. The number of hydrogen-bond acceptors (Lipinski definition) is 5. The highest BCUT2D eigenvalue weighted by atomic mass is 16.6. The van der Waals surface area contributed by atoms with Crippen LogP contribution < -0.4 is 0 Å². The lowest BCUT2D eigenvalue weighted by atomic mass is 9.73. The van der Waals surface area contributed by atoms with E-state index < -0.39 is 11.0 Å². The molecule has 2 aliphatic heterocycles. The van der Waals surface area contributed by atoms with Gasteiger partial charge in [0.25, 0.3) is 11.8 Å². The third-order valence-corrected chi connectivity index (χ3v) is 5.99. The van der Waals surface area contributed by atoms with Gasteiger partial charge in [-0.1, -0.05) is 18.2 Å². The first-order chi connectivity index (χ1) is 14.7.